The van der Waals surface area contributed by atoms with E-state index < -0.39 is 0 Å². The molecule has 1 aromatic rings. The number of rotatable bonds is 2. The van der Waals surface area contributed by atoms with Crippen molar-refractivity contribution in [1.82, 2.24) is 4.90 Å². The highest BCUT2D eigenvalue weighted by Gasteiger charge is 2.27. The lowest BCUT2D eigenvalue weighted by Crippen LogP contribution is -2.47. The molecule has 1 N–H and O–H groups in total. The molecule has 0 amide bonds. The molecular formula is C12H17NO2. The third kappa shape index (κ3) is 2.70. The zero-order chi connectivity index (χ0) is 10.7. The van der Waals surface area contributed by atoms with Gasteiger partial charge in [0.15, 0.2) is 0 Å². The maximum absolute atomic E-state index is 9.83. The number of benzene rings is 1. The second-order valence-corrected chi connectivity index (χ2v) is 4.09. The van der Waals surface area contributed by atoms with E-state index in [4.69, 9.17) is 4.74 Å². The number of aliphatic hydroxyl groups excluding tert-OH is 1. The Balaban J connectivity index is 1.95. The average molecular weight is 207 g/mol. The summed E-state index contributed by atoms with van der Waals surface area (Å²) in [6.45, 7) is 1.67. The number of ether oxygens (including phenoxy) is 1. The second-order valence-electron chi connectivity index (χ2n) is 4.09. The van der Waals surface area contributed by atoms with Crippen LogP contribution in [0.1, 0.15) is 6.42 Å². The van der Waals surface area contributed by atoms with Crippen molar-refractivity contribution in [2.24, 2.45) is 0 Å². The molecule has 1 heterocycles. The van der Waals surface area contributed by atoms with Crippen molar-refractivity contribution in [3.05, 3.63) is 30.3 Å². The molecule has 1 aliphatic rings. The maximum Gasteiger partial charge on any atom is 0.127 e. The molecule has 1 aromatic carbocycles. The number of likely N-dealkylation sites (tertiary alicyclic amines) is 1. The van der Waals surface area contributed by atoms with Crippen molar-refractivity contribution >= 4 is 0 Å². The third-order valence-electron chi connectivity index (χ3n) is 2.75. The van der Waals surface area contributed by atoms with Crippen LogP contribution >= 0.6 is 0 Å². The van der Waals surface area contributed by atoms with E-state index in [9.17, 15) is 5.11 Å². The Morgan fingerprint density at radius 3 is 2.73 bits per heavy atom. The minimum atomic E-state index is -0.385. The van der Waals surface area contributed by atoms with E-state index in [1.807, 2.05) is 37.4 Å². The molecule has 0 radical (unpaired) electrons. The van der Waals surface area contributed by atoms with Crippen LogP contribution in [0.2, 0.25) is 0 Å². The Hall–Kier alpha value is -1.06. The van der Waals surface area contributed by atoms with Crippen LogP contribution in [-0.4, -0.2) is 42.4 Å². The fourth-order valence-electron chi connectivity index (χ4n) is 1.88. The standard InChI is InChI=1S/C12H17NO2/c1-13-8-7-12(11(14)9-13)15-10-5-3-2-4-6-10/h2-6,11-12,14H,7-9H2,1H3. The van der Waals surface area contributed by atoms with Crippen LogP contribution in [0.4, 0.5) is 0 Å². The molecule has 15 heavy (non-hydrogen) atoms. The molecule has 0 spiro atoms. The van der Waals surface area contributed by atoms with Gasteiger partial charge in [0, 0.05) is 13.1 Å². The normalized spacial score (nSPS) is 27.6. The molecule has 0 bridgehead atoms. The maximum atomic E-state index is 9.83. The highest BCUT2D eigenvalue weighted by atomic mass is 16.5. The van der Waals surface area contributed by atoms with Gasteiger partial charge >= 0.3 is 0 Å². The Bertz CT molecular complexity index is 302. The van der Waals surface area contributed by atoms with Crippen LogP contribution in [0.3, 0.4) is 0 Å². The molecule has 1 saturated heterocycles. The predicted molar refractivity (Wildman–Crippen MR) is 59.0 cm³/mol. The lowest BCUT2D eigenvalue weighted by atomic mass is 10.1. The van der Waals surface area contributed by atoms with Crippen molar-refractivity contribution in [2.45, 2.75) is 18.6 Å². The number of piperidine rings is 1. The number of aliphatic hydroxyl groups is 1. The molecule has 82 valence electrons. The number of likely N-dealkylation sites (N-methyl/N-ethyl adjacent to an activating group) is 1. The Morgan fingerprint density at radius 2 is 2.07 bits per heavy atom. The second kappa shape index (κ2) is 4.64. The number of β-amino-alcohol motifs (C(OH)–C–C–N with tert-alkyl or cyclic N) is 1. The highest BCUT2D eigenvalue weighted by Crippen LogP contribution is 2.18. The van der Waals surface area contributed by atoms with Crippen molar-refractivity contribution in [3.8, 4) is 5.75 Å². The van der Waals surface area contributed by atoms with Gasteiger partial charge in [0.25, 0.3) is 0 Å². The average Bonchev–Trinajstić information content (AvgIpc) is 2.24. The molecule has 2 atom stereocenters. The van der Waals surface area contributed by atoms with Crippen LogP contribution in [-0.2, 0) is 0 Å². The summed E-state index contributed by atoms with van der Waals surface area (Å²) >= 11 is 0. The number of hydrogen-bond donors (Lipinski definition) is 1. The van der Waals surface area contributed by atoms with Crippen molar-refractivity contribution in [3.63, 3.8) is 0 Å². The summed E-state index contributed by atoms with van der Waals surface area (Å²) in [5.74, 6) is 0.839. The van der Waals surface area contributed by atoms with Crippen LogP contribution in [0.15, 0.2) is 30.3 Å². The van der Waals surface area contributed by atoms with E-state index in [0.29, 0.717) is 6.54 Å². The molecule has 0 aliphatic carbocycles. The molecule has 3 heteroatoms. The quantitative estimate of drug-likeness (QED) is 0.789. The van der Waals surface area contributed by atoms with Gasteiger partial charge in [-0.25, -0.2) is 0 Å². The fraction of sp³-hybridized carbons (Fsp3) is 0.500. The van der Waals surface area contributed by atoms with E-state index >= 15 is 0 Å². The first-order valence-electron chi connectivity index (χ1n) is 5.34. The summed E-state index contributed by atoms with van der Waals surface area (Å²) in [6.07, 6.45) is 0.430. The summed E-state index contributed by atoms with van der Waals surface area (Å²) in [6, 6.07) is 9.68. The summed E-state index contributed by atoms with van der Waals surface area (Å²) in [4.78, 5) is 2.12. The number of para-hydroxylation sites is 1. The first kappa shape index (κ1) is 10.5. The zero-order valence-electron chi connectivity index (χ0n) is 8.97. The number of nitrogens with zero attached hydrogens (tertiary/aromatic N) is 1. The van der Waals surface area contributed by atoms with Gasteiger partial charge in [0.2, 0.25) is 0 Å². The summed E-state index contributed by atoms with van der Waals surface area (Å²) in [5.41, 5.74) is 0. The van der Waals surface area contributed by atoms with Gasteiger partial charge < -0.3 is 14.7 Å². The van der Waals surface area contributed by atoms with Crippen LogP contribution < -0.4 is 4.74 Å². The van der Waals surface area contributed by atoms with Gasteiger partial charge in [-0.1, -0.05) is 18.2 Å². The SMILES string of the molecule is CN1CCC(Oc2ccccc2)C(O)C1. The molecular weight excluding hydrogens is 190 g/mol. The monoisotopic (exact) mass is 207 g/mol. The third-order valence-corrected chi connectivity index (χ3v) is 2.75. The van der Waals surface area contributed by atoms with Gasteiger partial charge in [-0.15, -0.1) is 0 Å². The first-order valence-corrected chi connectivity index (χ1v) is 5.34. The molecule has 2 unspecified atom stereocenters. The van der Waals surface area contributed by atoms with Crippen LogP contribution in [0, 0.1) is 0 Å². The van der Waals surface area contributed by atoms with Gasteiger partial charge in [-0.05, 0) is 25.6 Å². The van der Waals surface area contributed by atoms with E-state index in [2.05, 4.69) is 4.90 Å². The largest absolute Gasteiger partial charge is 0.488 e. The van der Waals surface area contributed by atoms with E-state index in [0.717, 1.165) is 18.7 Å². The Morgan fingerprint density at radius 1 is 1.33 bits per heavy atom. The number of hydrogen-bond acceptors (Lipinski definition) is 3. The lowest BCUT2D eigenvalue weighted by molar-refractivity contribution is -0.0181. The van der Waals surface area contributed by atoms with Crippen molar-refractivity contribution in [1.29, 1.82) is 0 Å². The van der Waals surface area contributed by atoms with Gasteiger partial charge in [0.1, 0.15) is 18.0 Å². The Labute approximate surface area is 90.3 Å². The summed E-state index contributed by atoms with van der Waals surface area (Å²) in [5, 5.41) is 9.83. The Kier molecular flexibility index (Phi) is 3.23. The van der Waals surface area contributed by atoms with Crippen molar-refractivity contribution in [2.75, 3.05) is 20.1 Å². The minimum Gasteiger partial charge on any atom is -0.488 e. The summed E-state index contributed by atoms with van der Waals surface area (Å²) in [7, 11) is 2.02. The van der Waals surface area contributed by atoms with Crippen LogP contribution in [0.5, 0.6) is 5.75 Å². The lowest BCUT2D eigenvalue weighted by Gasteiger charge is -2.33. The van der Waals surface area contributed by atoms with E-state index in [1.165, 1.54) is 0 Å². The molecule has 1 fully saturated rings. The van der Waals surface area contributed by atoms with Gasteiger partial charge in [-0.2, -0.15) is 0 Å². The molecule has 3 nitrogen and oxygen atoms in total. The van der Waals surface area contributed by atoms with Gasteiger partial charge in [-0.3, -0.25) is 0 Å². The first-order chi connectivity index (χ1) is 7.25. The fourth-order valence-corrected chi connectivity index (χ4v) is 1.88. The van der Waals surface area contributed by atoms with E-state index in [1.54, 1.807) is 0 Å². The molecule has 0 aromatic heterocycles. The predicted octanol–water partition coefficient (Wildman–Crippen LogP) is 1.13. The smallest absolute Gasteiger partial charge is 0.127 e. The molecule has 0 saturated carbocycles. The van der Waals surface area contributed by atoms with Crippen LogP contribution in [0.25, 0.3) is 0 Å². The molecule has 1 aliphatic heterocycles. The highest BCUT2D eigenvalue weighted by molar-refractivity contribution is 5.21. The topological polar surface area (TPSA) is 32.7 Å². The zero-order valence-corrected chi connectivity index (χ0v) is 8.97. The van der Waals surface area contributed by atoms with Gasteiger partial charge in [0.05, 0.1) is 0 Å². The van der Waals surface area contributed by atoms with Crippen molar-refractivity contribution < 1.29 is 9.84 Å². The minimum absolute atomic E-state index is 0.0661. The van der Waals surface area contributed by atoms with E-state index in [-0.39, 0.29) is 12.2 Å². The molecule has 2 rings (SSSR count). The summed E-state index contributed by atoms with van der Waals surface area (Å²) < 4.78 is 5.74.